The average molecular weight is 229 g/mol. The molecule has 0 atom stereocenters. The maximum atomic E-state index is 5.41. The number of anilines is 2. The van der Waals surface area contributed by atoms with Gasteiger partial charge in [0.15, 0.2) is 5.82 Å². The van der Waals surface area contributed by atoms with Gasteiger partial charge in [-0.3, -0.25) is 4.98 Å². The van der Waals surface area contributed by atoms with Crippen molar-refractivity contribution in [1.82, 2.24) is 9.97 Å². The molecule has 0 aliphatic carbocycles. The Bertz CT molecular complexity index is 493. The first-order valence-corrected chi connectivity index (χ1v) is 5.28. The first-order valence-electron chi connectivity index (χ1n) is 5.28. The van der Waals surface area contributed by atoms with Crippen molar-refractivity contribution in [3.63, 3.8) is 0 Å². The van der Waals surface area contributed by atoms with E-state index in [1.165, 1.54) is 0 Å². The van der Waals surface area contributed by atoms with Crippen molar-refractivity contribution < 1.29 is 0 Å². The summed E-state index contributed by atoms with van der Waals surface area (Å²) >= 11 is 0. The Morgan fingerprint density at radius 3 is 2.29 bits per heavy atom. The zero-order valence-corrected chi connectivity index (χ0v) is 9.88. The Hall–Kier alpha value is -2.14. The molecule has 0 amide bonds. The second-order valence-electron chi connectivity index (χ2n) is 3.84. The fourth-order valence-electron chi connectivity index (χ4n) is 1.57. The third-order valence-electron chi connectivity index (χ3n) is 2.49. The minimum absolute atomic E-state index is 0.574. The van der Waals surface area contributed by atoms with Crippen LogP contribution in [0.2, 0.25) is 0 Å². The van der Waals surface area contributed by atoms with E-state index in [1.54, 1.807) is 12.4 Å². The van der Waals surface area contributed by atoms with Crippen LogP contribution in [0.1, 0.15) is 0 Å². The maximum absolute atomic E-state index is 5.41. The zero-order valence-electron chi connectivity index (χ0n) is 9.88. The molecule has 0 radical (unpaired) electrons. The van der Waals surface area contributed by atoms with Crippen LogP contribution >= 0.6 is 0 Å². The van der Waals surface area contributed by atoms with E-state index in [2.05, 4.69) is 15.4 Å². The van der Waals surface area contributed by atoms with E-state index in [9.17, 15) is 0 Å². The largest absolute Gasteiger partial charge is 0.378 e. The highest BCUT2D eigenvalue weighted by molar-refractivity contribution is 5.72. The van der Waals surface area contributed by atoms with Crippen LogP contribution in [0.15, 0.2) is 36.7 Å². The van der Waals surface area contributed by atoms with E-state index >= 15 is 0 Å². The summed E-state index contributed by atoms with van der Waals surface area (Å²) in [5.41, 5.74) is 5.42. The Labute approximate surface area is 100 Å². The predicted octanol–water partition coefficient (Wildman–Crippen LogP) is 1.50. The van der Waals surface area contributed by atoms with Gasteiger partial charge < -0.3 is 10.3 Å². The first-order chi connectivity index (χ1) is 8.22. The number of rotatable bonds is 3. The molecule has 0 unspecified atom stereocenters. The predicted molar refractivity (Wildman–Crippen MR) is 69.6 cm³/mol. The van der Waals surface area contributed by atoms with Crippen molar-refractivity contribution in [3.05, 3.63) is 36.7 Å². The highest BCUT2D eigenvalue weighted by Gasteiger charge is 2.06. The Morgan fingerprint density at radius 1 is 1.06 bits per heavy atom. The normalized spacial score (nSPS) is 10.1. The molecule has 88 valence electrons. The molecule has 5 nitrogen and oxygen atoms in total. The van der Waals surface area contributed by atoms with Crippen LogP contribution in [-0.2, 0) is 0 Å². The summed E-state index contributed by atoms with van der Waals surface area (Å²) in [7, 11) is 4.01. The number of aromatic nitrogens is 2. The van der Waals surface area contributed by atoms with Crippen LogP contribution < -0.4 is 16.2 Å². The lowest BCUT2D eigenvalue weighted by molar-refractivity contribution is 1.13. The fourth-order valence-corrected chi connectivity index (χ4v) is 1.57. The number of benzene rings is 1. The second kappa shape index (κ2) is 4.80. The van der Waals surface area contributed by atoms with Crippen LogP contribution in [-0.4, -0.2) is 24.1 Å². The number of nitrogens with two attached hydrogens (primary N) is 1. The third-order valence-corrected chi connectivity index (χ3v) is 2.49. The van der Waals surface area contributed by atoms with Gasteiger partial charge in [0.1, 0.15) is 5.69 Å². The van der Waals surface area contributed by atoms with Crippen molar-refractivity contribution >= 4 is 11.5 Å². The van der Waals surface area contributed by atoms with Crippen LogP contribution in [0.25, 0.3) is 11.3 Å². The molecule has 2 aromatic rings. The monoisotopic (exact) mass is 229 g/mol. The molecular formula is C12H15N5. The van der Waals surface area contributed by atoms with Crippen molar-refractivity contribution in [1.29, 1.82) is 0 Å². The average Bonchev–Trinajstić information content (AvgIpc) is 2.39. The van der Waals surface area contributed by atoms with Crippen LogP contribution in [0.4, 0.5) is 11.5 Å². The molecule has 1 heterocycles. The van der Waals surface area contributed by atoms with E-state index in [4.69, 9.17) is 5.84 Å². The summed E-state index contributed by atoms with van der Waals surface area (Å²) in [6.45, 7) is 0. The van der Waals surface area contributed by atoms with Gasteiger partial charge in [0.25, 0.3) is 0 Å². The van der Waals surface area contributed by atoms with Gasteiger partial charge >= 0.3 is 0 Å². The smallest absolute Gasteiger partial charge is 0.166 e. The molecule has 1 aromatic heterocycles. The molecule has 0 fully saturated rings. The van der Waals surface area contributed by atoms with E-state index < -0.39 is 0 Å². The molecule has 0 aliphatic heterocycles. The van der Waals surface area contributed by atoms with Crippen LogP contribution in [0, 0.1) is 0 Å². The van der Waals surface area contributed by atoms with E-state index in [0.717, 1.165) is 16.9 Å². The molecule has 0 spiro atoms. The number of nitrogens with zero attached hydrogens (tertiary/aromatic N) is 3. The van der Waals surface area contributed by atoms with Gasteiger partial charge in [-0.05, 0) is 12.1 Å². The van der Waals surface area contributed by atoms with Crippen molar-refractivity contribution in [2.75, 3.05) is 24.4 Å². The van der Waals surface area contributed by atoms with Gasteiger partial charge in [-0.15, -0.1) is 0 Å². The van der Waals surface area contributed by atoms with Crippen molar-refractivity contribution in [3.8, 4) is 11.3 Å². The summed E-state index contributed by atoms with van der Waals surface area (Å²) in [6.07, 6.45) is 3.25. The number of nitrogens with one attached hydrogen (secondary N) is 1. The molecular weight excluding hydrogens is 214 g/mol. The molecule has 0 saturated carbocycles. The lowest BCUT2D eigenvalue weighted by atomic mass is 10.1. The number of nitrogen functional groups attached to an aromatic ring is 1. The number of hydrogen-bond donors (Lipinski definition) is 2. The molecule has 0 saturated heterocycles. The molecule has 5 heteroatoms. The summed E-state index contributed by atoms with van der Waals surface area (Å²) in [5, 5.41) is 0. The van der Waals surface area contributed by atoms with Crippen LogP contribution in [0.3, 0.4) is 0 Å². The maximum Gasteiger partial charge on any atom is 0.166 e. The van der Waals surface area contributed by atoms with E-state index in [-0.39, 0.29) is 0 Å². The summed E-state index contributed by atoms with van der Waals surface area (Å²) in [6, 6.07) is 8.06. The molecule has 0 aliphatic rings. The third kappa shape index (κ3) is 2.34. The highest BCUT2D eigenvalue weighted by atomic mass is 15.3. The molecule has 2 rings (SSSR count). The van der Waals surface area contributed by atoms with Crippen molar-refractivity contribution in [2.45, 2.75) is 0 Å². The summed E-state index contributed by atoms with van der Waals surface area (Å²) < 4.78 is 0. The summed E-state index contributed by atoms with van der Waals surface area (Å²) in [5.74, 6) is 5.98. The fraction of sp³-hybridized carbons (Fsp3) is 0.167. The van der Waals surface area contributed by atoms with Gasteiger partial charge in [0, 0.05) is 37.7 Å². The highest BCUT2D eigenvalue weighted by Crippen LogP contribution is 2.24. The lowest BCUT2D eigenvalue weighted by Gasteiger charge is -2.13. The first kappa shape index (κ1) is 11.3. The molecule has 3 N–H and O–H groups in total. The molecule has 17 heavy (non-hydrogen) atoms. The van der Waals surface area contributed by atoms with Crippen molar-refractivity contribution in [2.24, 2.45) is 5.84 Å². The van der Waals surface area contributed by atoms with Gasteiger partial charge in [0.2, 0.25) is 0 Å². The quantitative estimate of drug-likeness (QED) is 0.616. The van der Waals surface area contributed by atoms with Gasteiger partial charge in [-0.1, -0.05) is 12.1 Å². The molecule has 1 aromatic carbocycles. The number of hydrogen-bond acceptors (Lipinski definition) is 5. The lowest BCUT2D eigenvalue weighted by Crippen LogP contribution is -2.10. The molecule has 0 bridgehead atoms. The van der Waals surface area contributed by atoms with Gasteiger partial charge in [-0.2, -0.15) is 0 Å². The minimum Gasteiger partial charge on any atom is -0.378 e. The van der Waals surface area contributed by atoms with E-state index in [0.29, 0.717) is 5.82 Å². The summed E-state index contributed by atoms with van der Waals surface area (Å²) in [4.78, 5) is 10.4. The Kier molecular flexibility index (Phi) is 3.20. The van der Waals surface area contributed by atoms with Crippen LogP contribution in [0.5, 0.6) is 0 Å². The van der Waals surface area contributed by atoms with Gasteiger partial charge in [-0.25, -0.2) is 10.8 Å². The Morgan fingerprint density at radius 2 is 1.71 bits per heavy atom. The second-order valence-corrected chi connectivity index (χ2v) is 3.84. The topological polar surface area (TPSA) is 67.1 Å². The number of hydrazine groups is 1. The SMILES string of the molecule is CN(C)c1ccc(-c2nccnc2NN)cc1. The van der Waals surface area contributed by atoms with E-state index in [1.807, 2.05) is 43.3 Å². The standard InChI is InChI=1S/C12H15N5/c1-17(2)10-5-3-9(4-6-10)11-12(16-13)15-8-7-14-11/h3-8H,13H2,1-2H3,(H,15,16). The minimum atomic E-state index is 0.574. The van der Waals surface area contributed by atoms with Gasteiger partial charge in [0.05, 0.1) is 0 Å². The zero-order chi connectivity index (χ0) is 12.3. The Balaban J connectivity index is 2.40.